The van der Waals surface area contributed by atoms with Crippen molar-refractivity contribution in [2.24, 2.45) is 0 Å². The molecule has 1 aromatic carbocycles. The number of benzene rings is 1. The van der Waals surface area contributed by atoms with E-state index in [-0.39, 0.29) is 22.8 Å². The van der Waals surface area contributed by atoms with Crippen LogP contribution in [0.2, 0.25) is 0 Å². The van der Waals surface area contributed by atoms with Gasteiger partial charge in [-0.05, 0) is 24.5 Å². The van der Waals surface area contributed by atoms with Gasteiger partial charge in [-0.3, -0.25) is 4.90 Å². The minimum Gasteiger partial charge on any atom is -0.467 e. The molecule has 26 heavy (non-hydrogen) atoms. The number of rotatable bonds is 5. The van der Waals surface area contributed by atoms with Gasteiger partial charge in [0.05, 0.1) is 12.0 Å². The van der Waals surface area contributed by atoms with Crippen molar-refractivity contribution < 1.29 is 17.9 Å². The Morgan fingerprint density at radius 2 is 1.85 bits per heavy atom. The number of ether oxygens (including phenoxy) is 1. The van der Waals surface area contributed by atoms with Crippen LogP contribution in [0.15, 0.2) is 29.2 Å². The van der Waals surface area contributed by atoms with Gasteiger partial charge < -0.3 is 4.74 Å². The lowest BCUT2D eigenvalue weighted by Crippen LogP contribution is -2.42. The van der Waals surface area contributed by atoms with E-state index in [1.807, 2.05) is 18.6 Å². The number of amides is 2. The Morgan fingerprint density at radius 3 is 2.46 bits per heavy atom. The normalized spacial score (nSPS) is 11.3. The van der Waals surface area contributed by atoms with Crippen LogP contribution >= 0.6 is 0 Å². The van der Waals surface area contributed by atoms with Gasteiger partial charge in [0.1, 0.15) is 5.82 Å². The highest BCUT2D eigenvalue weighted by atomic mass is 32.2. The van der Waals surface area contributed by atoms with Crippen molar-refractivity contribution in [3.63, 3.8) is 0 Å². The minimum atomic E-state index is -4.06. The summed E-state index contributed by atoms with van der Waals surface area (Å²) < 4.78 is 32.3. The molecular formula is C16H21N5O4S. The van der Waals surface area contributed by atoms with E-state index < -0.39 is 16.1 Å². The lowest BCUT2D eigenvalue weighted by molar-refractivity contribution is 0.251. The predicted molar refractivity (Wildman–Crippen MR) is 95.8 cm³/mol. The first-order valence-electron chi connectivity index (χ1n) is 7.81. The number of sulfonamides is 1. The first kappa shape index (κ1) is 19.6. The van der Waals surface area contributed by atoms with Crippen molar-refractivity contribution in [1.82, 2.24) is 19.7 Å². The van der Waals surface area contributed by atoms with Crippen molar-refractivity contribution in [3.05, 3.63) is 35.7 Å². The van der Waals surface area contributed by atoms with Crippen LogP contribution in [0.4, 0.5) is 10.7 Å². The molecule has 1 N–H and O–H groups in total. The van der Waals surface area contributed by atoms with Gasteiger partial charge in [-0.1, -0.05) is 32.0 Å². The molecule has 0 bridgehead atoms. The third-order valence-electron chi connectivity index (χ3n) is 3.55. The fourth-order valence-corrected chi connectivity index (χ4v) is 3.56. The second kappa shape index (κ2) is 7.65. The molecule has 0 radical (unpaired) electrons. The number of aryl methyl sites for hydroxylation is 1. The summed E-state index contributed by atoms with van der Waals surface area (Å²) in [7, 11) is -1.32. The lowest BCUT2D eigenvalue weighted by Gasteiger charge is -2.18. The molecule has 10 heteroatoms. The summed E-state index contributed by atoms with van der Waals surface area (Å²) >= 11 is 0. The van der Waals surface area contributed by atoms with Crippen LogP contribution in [0.1, 0.15) is 31.2 Å². The minimum absolute atomic E-state index is 0.0222. The summed E-state index contributed by atoms with van der Waals surface area (Å²) in [6.07, 6.45) is 0. The van der Waals surface area contributed by atoms with Crippen LogP contribution in [0.5, 0.6) is 6.01 Å². The summed E-state index contributed by atoms with van der Waals surface area (Å²) in [5, 5.41) is 0. The van der Waals surface area contributed by atoms with Crippen molar-refractivity contribution in [3.8, 4) is 6.01 Å². The van der Waals surface area contributed by atoms with Crippen LogP contribution in [-0.2, 0) is 10.0 Å². The molecule has 140 valence electrons. The maximum Gasteiger partial charge on any atom is 0.337 e. The van der Waals surface area contributed by atoms with Gasteiger partial charge in [0.2, 0.25) is 5.95 Å². The van der Waals surface area contributed by atoms with E-state index in [1.54, 1.807) is 25.1 Å². The number of anilines is 1. The van der Waals surface area contributed by atoms with Crippen molar-refractivity contribution in [1.29, 1.82) is 0 Å². The van der Waals surface area contributed by atoms with Crippen molar-refractivity contribution in [2.75, 3.05) is 19.1 Å². The largest absolute Gasteiger partial charge is 0.467 e. The third kappa shape index (κ3) is 4.26. The highest BCUT2D eigenvalue weighted by Gasteiger charge is 2.25. The van der Waals surface area contributed by atoms with E-state index >= 15 is 0 Å². The third-order valence-corrected chi connectivity index (χ3v) is 4.95. The Morgan fingerprint density at radius 1 is 1.19 bits per heavy atom. The topological polar surface area (TPSA) is 114 Å². The second-order valence-electron chi connectivity index (χ2n) is 5.83. The molecule has 2 rings (SSSR count). The summed E-state index contributed by atoms with van der Waals surface area (Å²) in [4.78, 5) is 25.3. The fourth-order valence-electron chi connectivity index (χ4n) is 2.22. The van der Waals surface area contributed by atoms with Crippen LogP contribution in [0.3, 0.4) is 0 Å². The highest BCUT2D eigenvalue weighted by Crippen LogP contribution is 2.23. The number of aromatic nitrogens is 3. The van der Waals surface area contributed by atoms with Gasteiger partial charge in [-0.15, -0.1) is 0 Å². The van der Waals surface area contributed by atoms with Crippen molar-refractivity contribution in [2.45, 2.75) is 31.6 Å². The SMILES string of the molecule is COc1nc(C)nc(N(C)C(=O)NS(=O)(=O)c2ccccc2C(C)C)n1. The molecule has 1 aromatic heterocycles. The van der Waals surface area contributed by atoms with E-state index in [2.05, 4.69) is 15.0 Å². The summed E-state index contributed by atoms with van der Waals surface area (Å²) in [6.45, 7) is 5.36. The molecular weight excluding hydrogens is 358 g/mol. The summed E-state index contributed by atoms with van der Waals surface area (Å²) in [6, 6.07) is 5.67. The summed E-state index contributed by atoms with van der Waals surface area (Å²) in [5.74, 6) is 0.282. The van der Waals surface area contributed by atoms with E-state index in [0.29, 0.717) is 11.4 Å². The molecule has 0 aliphatic rings. The highest BCUT2D eigenvalue weighted by molar-refractivity contribution is 7.90. The maximum atomic E-state index is 12.7. The molecule has 0 spiro atoms. The van der Waals surface area contributed by atoms with Gasteiger partial charge in [0, 0.05) is 7.05 Å². The summed E-state index contributed by atoms with van der Waals surface area (Å²) in [5.41, 5.74) is 0.619. The molecule has 0 saturated carbocycles. The van der Waals surface area contributed by atoms with E-state index in [1.165, 1.54) is 20.2 Å². The van der Waals surface area contributed by atoms with Gasteiger partial charge in [0.25, 0.3) is 10.0 Å². The maximum absolute atomic E-state index is 12.7. The number of carbonyl (C=O) groups is 1. The van der Waals surface area contributed by atoms with Crippen LogP contribution < -0.4 is 14.4 Å². The van der Waals surface area contributed by atoms with Gasteiger partial charge >= 0.3 is 12.0 Å². The Balaban J connectivity index is 2.30. The molecule has 0 unspecified atom stereocenters. The Kier molecular flexibility index (Phi) is 5.76. The van der Waals surface area contributed by atoms with Gasteiger partial charge in [-0.2, -0.15) is 15.0 Å². The zero-order valence-electron chi connectivity index (χ0n) is 15.2. The smallest absolute Gasteiger partial charge is 0.337 e. The Bertz CT molecular complexity index is 915. The molecule has 0 atom stereocenters. The number of hydrogen-bond acceptors (Lipinski definition) is 7. The molecule has 0 saturated heterocycles. The molecule has 0 fully saturated rings. The fraction of sp³-hybridized carbons (Fsp3) is 0.375. The lowest BCUT2D eigenvalue weighted by atomic mass is 10.0. The van der Waals surface area contributed by atoms with E-state index in [9.17, 15) is 13.2 Å². The number of nitrogens with one attached hydrogen (secondary N) is 1. The number of carbonyl (C=O) groups excluding carboxylic acids is 1. The average Bonchev–Trinajstić information content (AvgIpc) is 2.60. The standard InChI is InChI=1S/C16H21N5O4S/c1-10(2)12-8-6-7-9-13(12)26(23,24)20-16(22)21(4)14-17-11(3)18-15(19-14)25-5/h6-10H,1-5H3,(H,20,22). The molecule has 0 aliphatic heterocycles. The zero-order valence-corrected chi connectivity index (χ0v) is 16.0. The predicted octanol–water partition coefficient (Wildman–Crippen LogP) is 1.85. The first-order chi connectivity index (χ1) is 12.2. The molecule has 0 aliphatic carbocycles. The number of methoxy groups -OCH3 is 1. The second-order valence-corrected chi connectivity index (χ2v) is 7.48. The monoisotopic (exact) mass is 379 g/mol. The van der Waals surface area contributed by atoms with Gasteiger partial charge in [0.15, 0.2) is 0 Å². The van der Waals surface area contributed by atoms with E-state index in [0.717, 1.165) is 4.90 Å². The molecule has 1 heterocycles. The van der Waals surface area contributed by atoms with Crippen LogP contribution in [0, 0.1) is 6.92 Å². The first-order valence-corrected chi connectivity index (χ1v) is 9.30. The average molecular weight is 379 g/mol. The van der Waals surface area contributed by atoms with Gasteiger partial charge in [-0.25, -0.2) is 17.9 Å². The number of urea groups is 1. The number of hydrogen-bond donors (Lipinski definition) is 1. The van der Waals surface area contributed by atoms with E-state index in [4.69, 9.17) is 4.74 Å². The van der Waals surface area contributed by atoms with Crippen LogP contribution in [-0.4, -0.2) is 43.6 Å². The quantitative estimate of drug-likeness (QED) is 0.843. The van der Waals surface area contributed by atoms with Crippen molar-refractivity contribution >= 4 is 22.0 Å². The van der Waals surface area contributed by atoms with Crippen LogP contribution in [0.25, 0.3) is 0 Å². The Labute approximate surface area is 152 Å². The molecule has 9 nitrogen and oxygen atoms in total. The Hall–Kier alpha value is -2.75. The molecule has 2 aromatic rings. The number of nitrogens with zero attached hydrogens (tertiary/aromatic N) is 4. The molecule has 2 amide bonds. The zero-order chi connectivity index (χ0) is 19.5.